The van der Waals surface area contributed by atoms with Crippen LogP contribution < -0.4 is 4.90 Å². The van der Waals surface area contributed by atoms with E-state index in [9.17, 15) is 4.79 Å². The molecule has 4 rings (SSSR count). The van der Waals surface area contributed by atoms with Crippen LogP contribution in [0.5, 0.6) is 0 Å². The van der Waals surface area contributed by atoms with Gasteiger partial charge in [0.1, 0.15) is 12.3 Å². The first-order valence-electron chi connectivity index (χ1n) is 18.2. The van der Waals surface area contributed by atoms with E-state index in [-0.39, 0.29) is 16.7 Å². The minimum absolute atomic E-state index is 0.0296. The van der Waals surface area contributed by atoms with Gasteiger partial charge < -0.3 is 4.90 Å². The third-order valence-electron chi connectivity index (χ3n) is 10.4. The maximum absolute atomic E-state index is 12.2. The number of ketones is 1. The lowest BCUT2D eigenvalue weighted by atomic mass is 9.76. The minimum atomic E-state index is -0.0517. The monoisotopic (exact) mass is 621 g/mol. The van der Waals surface area contributed by atoms with Gasteiger partial charge in [0.05, 0.1) is 5.41 Å². The molecule has 2 heterocycles. The zero-order valence-corrected chi connectivity index (χ0v) is 30.5. The summed E-state index contributed by atoms with van der Waals surface area (Å²) < 4.78 is 2.55. The van der Waals surface area contributed by atoms with Gasteiger partial charge in [-0.3, -0.25) is 4.79 Å². The van der Waals surface area contributed by atoms with Gasteiger partial charge in [-0.15, -0.1) is 0 Å². The highest BCUT2D eigenvalue weighted by Crippen LogP contribution is 2.51. The highest BCUT2D eigenvalue weighted by atomic mass is 16.1. The summed E-state index contributed by atoms with van der Waals surface area (Å²) in [4.78, 5) is 14.8. The molecular weight excluding hydrogens is 560 g/mol. The van der Waals surface area contributed by atoms with Crippen molar-refractivity contribution < 1.29 is 9.37 Å². The molecule has 0 bridgehead atoms. The van der Waals surface area contributed by atoms with E-state index in [2.05, 4.69) is 125 Å². The highest BCUT2D eigenvalue weighted by Gasteiger charge is 2.44. The molecule has 0 radical (unpaired) electrons. The van der Waals surface area contributed by atoms with Crippen molar-refractivity contribution in [3.05, 3.63) is 94.7 Å². The predicted octanol–water partition coefficient (Wildman–Crippen LogP) is 11.2. The minimum Gasteiger partial charge on any atom is -0.344 e. The van der Waals surface area contributed by atoms with Crippen molar-refractivity contribution in [2.24, 2.45) is 5.92 Å². The SMILES string of the molecule is CCCCN1\C(=C/C=C/C=C/C2=[N+](CCCC)c3ccc(C)cc3C2(C)C)C(C)(CCCCCC(=O)C(C)C)c2cc(C)ccc21. The van der Waals surface area contributed by atoms with Gasteiger partial charge in [0.2, 0.25) is 5.69 Å². The fourth-order valence-corrected chi connectivity index (χ4v) is 7.43. The van der Waals surface area contributed by atoms with Crippen LogP contribution in [-0.2, 0) is 15.6 Å². The van der Waals surface area contributed by atoms with E-state index in [0.717, 1.165) is 38.8 Å². The Bertz CT molecular complexity index is 1500. The zero-order chi connectivity index (χ0) is 33.5. The number of hydrogen-bond donors (Lipinski definition) is 0. The molecule has 0 N–H and O–H groups in total. The number of carbonyl (C=O) groups is 1. The average Bonchev–Trinajstić information content (AvgIpc) is 3.37. The first-order chi connectivity index (χ1) is 21.9. The number of benzene rings is 2. The van der Waals surface area contributed by atoms with Gasteiger partial charge >= 0.3 is 0 Å². The van der Waals surface area contributed by atoms with Crippen LogP contribution in [-0.4, -0.2) is 29.2 Å². The Labute approximate surface area is 281 Å². The van der Waals surface area contributed by atoms with Crippen molar-refractivity contribution in [1.82, 2.24) is 0 Å². The lowest BCUT2D eigenvalue weighted by Crippen LogP contribution is -2.29. The Kier molecular flexibility index (Phi) is 12.1. The standard InChI is InChI=1S/C43H61N2O/c1-10-12-28-44-37-25-23-33(5)30-35(37)42(7,8)40(44)21-17-14-18-22-41-43(9,27-19-15-16-20-39(46)32(3)4)36-31-34(6)24-26-38(36)45(41)29-13-11-2/h14,17-18,21-26,30-32H,10-13,15-16,19-20,27-29H2,1-9H3/q+1. The fourth-order valence-electron chi connectivity index (χ4n) is 7.43. The molecule has 1 unspecified atom stereocenters. The lowest BCUT2D eigenvalue weighted by molar-refractivity contribution is -0.438. The Balaban J connectivity index is 1.62. The number of aryl methyl sites for hydroxylation is 2. The third kappa shape index (κ3) is 7.67. The van der Waals surface area contributed by atoms with Gasteiger partial charge in [0.25, 0.3) is 0 Å². The van der Waals surface area contributed by atoms with Crippen molar-refractivity contribution in [2.75, 3.05) is 18.0 Å². The van der Waals surface area contributed by atoms with Crippen molar-refractivity contribution in [3.63, 3.8) is 0 Å². The van der Waals surface area contributed by atoms with E-state index < -0.39 is 0 Å². The van der Waals surface area contributed by atoms with Gasteiger partial charge in [-0.1, -0.05) is 101 Å². The molecule has 1 atom stereocenters. The van der Waals surface area contributed by atoms with Crippen LogP contribution in [0.2, 0.25) is 0 Å². The molecule has 0 spiro atoms. The van der Waals surface area contributed by atoms with E-state index in [4.69, 9.17) is 0 Å². The first-order valence-corrected chi connectivity index (χ1v) is 18.2. The number of fused-ring (bicyclic) bond motifs is 2. The number of carbonyl (C=O) groups excluding carboxylic acids is 1. The second-order valence-electron chi connectivity index (χ2n) is 14.9. The van der Waals surface area contributed by atoms with Crippen LogP contribution in [0, 0.1) is 19.8 Å². The van der Waals surface area contributed by atoms with E-state index in [1.54, 1.807) is 0 Å². The Morgan fingerprint density at radius 1 is 0.848 bits per heavy atom. The number of rotatable bonds is 16. The molecule has 3 nitrogen and oxygen atoms in total. The molecule has 2 aromatic rings. The summed E-state index contributed by atoms with van der Waals surface area (Å²) >= 11 is 0. The quantitative estimate of drug-likeness (QED) is 0.106. The molecule has 2 aliphatic rings. The number of allylic oxidation sites excluding steroid dienone is 6. The molecule has 248 valence electrons. The first kappa shape index (κ1) is 35.7. The third-order valence-corrected chi connectivity index (χ3v) is 10.4. The van der Waals surface area contributed by atoms with Gasteiger partial charge in [0, 0.05) is 59.8 Å². The fraction of sp³-hybridized carbons (Fsp3) is 0.535. The van der Waals surface area contributed by atoms with Crippen molar-refractivity contribution >= 4 is 22.9 Å². The number of nitrogens with zero attached hydrogens (tertiary/aromatic N) is 2. The number of unbranched alkanes of at least 4 members (excludes halogenated alkanes) is 4. The Morgan fingerprint density at radius 2 is 1.54 bits per heavy atom. The Hall–Kier alpha value is -3.20. The van der Waals surface area contributed by atoms with Crippen LogP contribution in [0.3, 0.4) is 0 Å². The molecule has 2 aliphatic heterocycles. The molecular formula is C43H61N2O+. The summed E-state index contributed by atoms with van der Waals surface area (Å²) in [5.74, 6) is 0.533. The van der Waals surface area contributed by atoms with Crippen LogP contribution in [0.1, 0.15) is 129 Å². The van der Waals surface area contributed by atoms with Gasteiger partial charge in [-0.25, -0.2) is 0 Å². The average molecular weight is 622 g/mol. The molecule has 0 amide bonds. The van der Waals surface area contributed by atoms with E-state index >= 15 is 0 Å². The topological polar surface area (TPSA) is 23.3 Å². The molecule has 3 heteroatoms. The smallest absolute Gasteiger partial charge is 0.209 e. The molecule has 0 fully saturated rings. The van der Waals surface area contributed by atoms with Crippen molar-refractivity contribution in [2.45, 2.75) is 131 Å². The highest BCUT2D eigenvalue weighted by molar-refractivity contribution is 6.03. The van der Waals surface area contributed by atoms with Crippen LogP contribution in [0.4, 0.5) is 11.4 Å². The normalized spacial score (nSPS) is 19.8. The molecule has 0 aliphatic carbocycles. The second-order valence-corrected chi connectivity index (χ2v) is 14.9. The van der Waals surface area contributed by atoms with E-state index in [0.29, 0.717) is 12.2 Å². The summed E-state index contributed by atoms with van der Waals surface area (Å²) in [6, 6.07) is 14.0. The van der Waals surface area contributed by atoms with E-state index in [1.165, 1.54) is 70.7 Å². The van der Waals surface area contributed by atoms with Gasteiger partial charge in [-0.2, -0.15) is 4.58 Å². The zero-order valence-electron chi connectivity index (χ0n) is 30.5. The summed E-state index contributed by atoms with van der Waals surface area (Å²) in [5, 5.41) is 0. The van der Waals surface area contributed by atoms with E-state index in [1.807, 2.05) is 13.8 Å². The van der Waals surface area contributed by atoms with Crippen molar-refractivity contribution in [3.8, 4) is 0 Å². The van der Waals surface area contributed by atoms with Crippen molar-refractivity contribution in [1.29, 1.82) is 0 Å². The molecule has 46 heavy (non-hydrogen) atoms. The van der Waals surface area contributed by atoms with Crippen LogP contribution >= 0.6 is 0 Å². The maximum atomic E-state index is 12.2. The maximum Gasteiger partial charge on any atom is 0.209 e. The molecule has 0 saturated carbocycles. The summed E-state index contributed by atoms with van der Waals surface area (Å²) in [5.41, 5.74) is 11.0. The largest absolute Gasteiger partial charge is 0.344 e. The molecule has 0 saturated heterocycles. The number of Topliss-reactive ketones (excluding diaryl/α,β-unsaturated/α-hetero) is 1. The molecule has 0 aromatic heterocycles. The van der Waals surface area contributed by atoms with Crippen LogP contribution in [0.25, 0.3) is 0 Å². The van der Waals surface area contributed by atoms with Gasteiger partial charge in [-0.05, 0) is 77.7 Å². The van der Waals surface area contributed by atoms with Gasteiger partial charge in [0.15, 0.2) is 5.71 Å². The summed E-state index contributed by atoms with van der Waals surface area (Å²) in [6.07, 6.45) is 21.2. The summed E-state index contributed by atoms with van der Waals surface area (Å²) in [6.45, 7) is 22.3. The number of anilines is 1. The summed E-state index contributed by atoms with van der Waals surface area (Å²) in [7, 11) is 0. The van der Waals surface area contributed by atoms with Crippen LogP contribution in [0.15, 0.2) is 72.5 Å². The second kappa shape index (κ2) is 15.6. The molecule has 2 aromatic carbocycles. The lowest BCUT2D eigenvalue weighted by Gasteiger charge is -2.30. The predicted molar refractivity (Wildman–Crippen MR) is 199 cm³/mol. The number of hydrogen-bond acceptors (Lipinski definition) is 2. The Morgan fingerprint density at radius 3 is 2.24 bits per heavy atom.